The Morgan fingerprint density at radius 3 is 2.23 bits per heavy atom. The quantitative estimate of drug-likeness (QED) is 0.638. The minimum absolute atomic E-state index is 0.229. The monoisotopic (exact) mass is 187 g/mol. The number of carbonyl (C=O) groups is 1. The first-order valence-electron chi connectivity index (χ1n) is 3.99. The summed E-state index contributed by atoms with van der Waals surface area (Å²) in [7, 11) is 3.70. The third-order valence-corrected chi connectivity index (χ3v) is 1.01. The van der Waals surface area contributed by atoms with E-state index in [9.17, 15) is 4.79 Å². The summed E-state index contributed by atoms with van der Waals surface area (Å²) >= 11 is 0. The summed E-state index contributed by atoms with van der Waals surface area (Å²) in [5.74, 6) is -0.737. The Hall–Kier alpha value is -1.19. The van der Waals surface area contributed by atoms with Crippen LogP contribution in [0.15, 0.2) is 4.99 Å². The molecule has 5 nitrogen and oxygen atoms in total. The molecule has 76 valence electrons. The van der Waals surface area contributed by atoms with Gasteiger partial charge in [0.15, 0.2) is 0 Å². The molecule has 0 aliphatic rings. The molecule has 0 radical (unpaired) electrons. The molecule has 5 heteroatoms. The van der Waals surface area contributed by atoms with E-state index in [-0.39, 0.29) is 6.42 Å². The van der Waals surface area contributed by atoms with Gasteiger partial charge >= 0.3 is 5.97 Å². The van der Waals surface area contributed by atoms with E-state index in [0.29, 0.717) is 13.1 Å². The molecule has 13 heavy (non-hydrogen) atoms. The Labute approximate surface area is 78.6 Å². The molecule has 0 bridgehead atoms. The lowest BCUT2D eigenvalue weighted by Crippen LogP contribution is -2.15. The fourth-order valence-corrected chi connectivity index (χ4v) is 0.398. The maximum absolute atomic E-state index is 9.88. The molecule has 0 aliphatic heterocycles. The predicted molar refractivity (Wildman–Crippen MR) is 51.5 cm³/mol. The van der Waals surface area contributed by atoms with Gasteiger partial charge in [-0.1, -0.05) is 0 Å². The third kappa shape index (κ3) is 24.9. The molecular weight excluding hydrogens is 170 g/mol. The summed E-state index contributed by atoms with van der Waals surface area (Å²) in [6, 6.07) is 1.89. The first-order valence-corrected chi connectivity index (χ1v) is 3.99. The number of nitrogens with zero attached hydrogens (tertiary/aromatic N) is 2. The molecule has 0 atom stereocenters. The Kier molecular flexibility index (Phi) is 11.9. The first kappa shape index (κ1) is 14.3. The molecule has 0 aromatic heterocycles. The van der Waals surface area contributed by atoms with Gasteiger partial charge in [-0.15, -0.1) is 0 Å². The fourth-order valence-electron chi connectivity index (χ4n) is 0.398. The zero-order chi connectivity index (χ0) is 10.7. The van der Waals surface area contributed by atoms with Crippen LogP contribution in [0.25, 0.3) is 0 Å². The summed E-state index contributed by atoms with van der Waals surface area (Å²) in [4.78, 5) is 15.1. The van der Waals surface area contributed by atoms with Gasteiger partial charge in [-0.05, 0) is 21.0 Å². The van der Waals surface area contributed by atoms with Gasteiger partial charge in [0, 0.05) is 13.1 Å². The zero-order valence-electron chi connectivity index (χ0n) is 8.37. The molecule has 0 fully saturated rings. The second kappa shape index (κ2) is 10.8. The van der Waals surface area contributed by atoms with E-state index in [4.69, 9.17) is 10.5 Å². The van der Waals surface area contributed by atoms with E-state index >= 15 is 0 Å². The van der Waals surface area contributed by atoms with E-state index < -0.39 is 5.97 Å². The lowest BCUT2D eigenvalue weighted by Gasteiger charge is -2.04. The minimum atomic E-state index is -0.737. The molecule has 0 aromatic carbocycles. The third-order valence-electron chi connectivity index (χ3n) is 1.01. The second-order valence-corrected chi connectivity index (χ2v) is 2.53. The minimum Gasteiger partial charge on any atom is -0.481 e. The highest BCUT2D eigenvalue weighted by molar-refractivity contribution is 5.66. The van der Waals surface area contributed by atoms with Crippen LogP contribution < -0.4 is 0 Å². The highest BCUT2D eigenvalue weighted by Crippen LogP contribution is 1.80. The van der Waals surface area contributed by atoms with E-state index in [2.05, 4.69) is 4.99 Å². The molecule has 0 heterocycles. The van der Waals surface area contributed by atoms with Crippen LogP contribution in [0.4, 0.5) is 0 Å². The molecule has 0 aromatic rings. The average Bonchev–Trinajstić information content (AvgIpc) is 2.03. The van der Waals surface area contributed by atoms with Crippen molar-refractivity contribution in [1.29, 1.82) is 5.41 Å². The summed E-state index contributed by atoms with van der Waals surface area (Å²) in [5, 5.41) is 14.3. The van der Waals surface area contributed by atoms with Crippen molar-refractivity contribution in [3.05, 3.63) is 0 Å². The smallest absolute Gasteiger partial charge is 0.304 e. The summed E-state index contributed by atoms with van der Waals surface area (Å²) in [5.41, 5.74) is 0. The number of aliphatic carboxylic acids is 1. The van der Waals surface area contributed by atoms with Crippen LogP contribution in [-0.4, -0.2) is 49.2 Å². The van der Waals surface area contributed by atoms with Crippen LogP contribution in [-0.2, 0) is 4.79 Å². The number of rotatable bonds is 4. The Morgan fingerprint density at radius 1 is 1.62 bits per heavy atom. The summed E-state index contributed by atoms with van der Waals surface area (Å²) < 4.78 is 0. The second-order valence-electron chi connectivity index (χ2n) is 2.53. The van der Waals surface area contributed by atoms with Crippen LogP contribution in [0.3, 0.4) is 0 Å². The normalized spacial score (nSPS) is 8.31. The van der Waals surface area contributed by atoms with Gasteiger partial charge in [-0.3, -0.25) is 4.79 Å². The van der Waals surface area contributed by atoms with Gasteiger partial charge in [0.2, 0.25) is 0 Å². The van der Waals surface area contributed by atoms with Gasteiger partial charge < -0.3 is 10.0 Å². The molecule has 0 spiro atoms. The largest absolute Gasteiger partial charge is 0.481 e. The highest BCUT2D eigenvalue weighted by atomic mass is 16.4. The number of aliphatic imine (C=N–C) groups is 1. The van der Waals surface area contributed by atoms with E-state index in [1.807, 2.05) is 31.9 Å². The van der Waals surface area contributed by atoms with E-state index in [0.717, 1.165) is 0 Å². The highest BCUT2D eigenvalue weighted by Gasteiger charge is 1.95. The molecule has 0 rings (SSSR count). The molecule has 0 amide bonds. The number of hydrogen-bond acceptors (Lipinski definition) is 4. The lowest BCUT2D eigenvalue weighted by atomic mass is 10.4. The van der Waals surface area contributed by atoms with Crippen molar-refractivity contribution in [2.75, 3.05) is 27.2 Å². The van der Waals surface area contributed by atoms with Crippen molar-refractivity contribution in [2.24, 2.45) is 4.99 Å². The Bertz CT molecular complexity index is 174. The van der Waals surface area contributed by atoms with Crippen LogP contribution >= 0.6 is 0 Å². The van der Waals surface area contributed by atoms with Crippen molar-refractivity contribution < 1.29 is 9.90 Å². The zero-order valence-corrected chi connectivity index (χ0v) is 8.37. The molecule has 0 saturated heterocycles. The van der Waals surface area contributed by atoms with Crippen molar-refractivity contribution in [1.82, 2.24) is 4.90 Å². The molecule has 0 aliphatic carbocycles. The van der Waals surface area contributed by atoms with Crippen LogP contribution in [0, 0.1) is 5.41 Å². The Morgan fingerprint density at radius 2 is 2.15 bits per heavy atom. The molecular formula is C8H17N3O2. The van der Waals surface area contributed by atoms with Crippen molar-refractivity contribution >= 4 is 12.0 Å². The van der Waals surface area contributed by atoms with Crippen molar-refractivity contribution in [3.8, 4) is 0 Å². The lowest BCUT2D eigenvalue weighted by molar-refractivity contribution is -0.137. The van der Waals surface area contributed by atoms with E-state index in [1.54, 1.807) is 0 Å². The number of nitrogens with one attached hydrogen (secondary N) is 1. The fraction of sp³-hybridized carbons (Fsp3) is 0.750. The average molecular weight is 187 g/mol. The summed E-state index contributed by atoms with van der Waals surface area (Å²) in [6.45, 7) is 3.15. The summed E-state index contributed by atoms with van der Waals surface area (Å²) in [6.07, 6.45) is 0.229. The van der Waals surface area contributed by atoms with Gasteiger partial charge in [-0.2, -0.15) is 0 Å². The van der Waals surface area contributed by atoms with Crippen molar-refractivity contribution in [2.45, 2.75) is 13.3 Å². The van der Waals surface area contributed by atoms with Gasteiger partial charge in [0.25, 0.3) is 0 Å². The molecule has 2 N–H and O–H groups in total. The first-order chi connectivity index (χ1) is 6.04. The SMILES string of the molecule is CCN=C=N.CN(C)CCC(=O)O. The number of carboxylic acid groups (broad SMARTS) is 1. The van der Waals surface area contributed by atoms with Gasteiger partial charge in [-0.25, -0.2) is 10.4 Å². The molecule has 0 unspecified atom stereocenters. The predicted octanol–water partition coefficient (Wildman–Crippen LogP) is 0.782. The number of carboxylic acids is 1. The van der Waals surface area contributed by atoms with Gasteiger partial charge in [0.05, 0.1) is 12.4 Å². The Balaban J connectivity index is 0. The van der Waals surface area contributed by atoms with E-state index in [1.165, 1.54) is 0 Å². The maximum Gasteiger partial charge on any atom is 0.304 e. The van der Waals surface area contributed by atoms with Crippen LogP contribution in [0.2, 0.25) is 0 Å². The topological polar surface area (TPSA) is 76.8 Å². The van der Waals surface area contributed by atoms with Gasteiger partial charge in [0.1, 0.15) is 0 Å². The standard InChI is InChI=1S/C5H11NO2.C3H6N2/c1-6(2)4-3-5(7)8;1-2-5-3-4/h3-4H2,1-2H3,(H,7,8);4H,2H2,1H3. The van der Waals surface area contributed by atoms with Crippen molar-refractivity contribution in [3.63, 3.8) is 0 Å². The molecule has 0 saturated carbocycles. The number of hydrogen-bond donors (Lipinski definition) is 2. The maximum atomic E-state index is 9.88. The van der Waals surface area contributed by atoms with Crippen LogP contribution in [0.5, 0.6) is 0 Å². The van der Waals surface area contributed by atoms with Crippen LogP contribution in [0.1, 0.15) is 13.3 Å².